The number of amides is 2. The summed E-state index contributed by atoms with van der Waals surface area (Å²) in [6, 6.07) is 11.2. The predicted octanol–water partition coefficient (Wildman–Crippen LogP) is 6.50. The number of hydrogen-bond acceptors (Lipinski definition) is 5. The van der Waals surface area contributed by atoms with Crippen LogP contribution in [0.3, 0.4) is 0 Å². The number of rotatable bonds is 8. The summed E-state index contributed by atoms with van der Waals surface area (Å²) in [6.45, 7) is 1.87. The van der Waals surface area contributed by atoms with E-state index in [1.54, 1.807) is 43.3 Å². The number of nitrogens with zero attached hydrogens (tertiary/aromatic N) is 1. The smallest absolute Gasteiger partial charge is 0.417 e. The first-order valence-electron chi connectivity index (χ1n) is 10.5. The monoisotopic (exact) mass is 506 g/mol. The van der Waals surface area contributed by atoms with Crippen LogP contribution in [0.4, 0.5) is 29.3 Å². The van der Waals surface area contributed by atoms with Gasteiger partial charge in [-0.2, -0.15) is 13.2 Å². The van der Waals surface area contributed by atoms with Crippen LogP contribution < -0.4 is 20.7 Å². The Morgan fingerprint density at radius 1 is 1.03 bits per heavy atom. The SMILES string of the molecule is CCC(=O)c1cc(Oc2ccc(CNC(=O)Nc3cc(C(F)(F)F)c(Cl)cc3NC)cc2)ccn1. The molecule has 3 aromatic rings. The van der Waals surface area contributed by atoms with Crippen molar-refractivity contribution in [2.24, 2.45) is 0 Å². The standard InChI is InChI=1S/C24H22ClF3N4O3/c1-3-22(33)21-10-16(8-9-30-21)35-15-6-4-14(5-7-15)13-31-23(34)32-20-11-17(24(26,27)28)18(25)12-19(20)29-2/h4-12,29H,3,13H2,1-2H3,(H2,31,32,34). The van der Waals surface area contributed by atoms with E-state index >= 15 is 0 Å². The van der Waals surface area contributed by atoms with Crippen LogP contribution in [0.5, 0.6) is 11.5 Å². The van der Waals surface area contributed by atoms with Crippen molar-refractivity contribution in [3.63, 3.8) is 0 Å². The Bertz CT molecular complexity index is 1220. The van der Waals surface area contributed by atoms with Gasteiger partial charge in [0.25, 0.3) is 0 Å². The van der Waals surface area contributed by atoms with Gasteiger partial charge in [0.05, 0.1) is 22.0 Å². The molecule has 3 N–H and O–H groups in total. The highest BCUT2D eigenvalue weighted by Gasteiger charge is 2.34. The first kappa shape index (κ1) is 25.8. The molecule has 0 radical (unpaired) electrons. The van der Waals surface area contributed by atoms with Gasteiger partial charge in [-0.15, -0.1) is 0 Å². The van der Waals surface area contributed by atoms with Gasteiger partial charge in [-0.05, 0) is 35.9 Å². The summed E-state index contributed by atoms with van der Waals surface area (Å²) in [5.74, 6) is 0.882. The first-order valence-corrected chi connectivity index (χ1v) is 10.9. The fourth-order valence-corrected chi connectivity index (χ4v) is 3.34. The summed E-state index contributed by atoms with van der Waals surface area (Å²) in [5.41, 5.74) is 0.166. The van der Waals surface area contributed by atoms with E-state index in [4.69, 9.17) is 16.3 Å². The van der Waals surface area contributed by atoms with E-state index < -0.39 is 22.8 Å². The van der Waals surface area contributed by atoms with Crippen molar-refractivity contribution in [2.45, 2.75) is 26.1 Å². The van der Waals surface area contributed by atoms with E-state index in [0.717, 1.165) is 17.7 Å². The Labute approximate surface area is 204 Å². The molecule has 35 heavy (non-hydrogen) atoms. The summed E-state index contributed by atoms with van der Waals surface area (Å²) in [7, 11) is 1.50. The number of hydrogen-bond donors (Lipinski definition) is 3. The molecule has 184 valence electrons. The second-order valence-corrected chi connectivity index (χ2v) is 7.74. The summed E-state index contributed by atoms with van der Waals surface area (Å²) in [6.07, 6.45) is -2.83. The van der Waals surface area contributed by atoms with Crippen molar-refractivity contribution in [1.82, 2.24) is 10.3 Å². The number of ketones is 1. The van der Waals surface area contributed by atoms with Gasteiger partial charge in [0.15, 0.2) is 5.78 Å². The quantitative estimate of drug-likeness (QED) is 0.303. The maximum Gasteiger partial charge on any atom is 0.417 e. The summed E-state index contributed by atoms with van der Waals surface area (Å²) < 4.78 is 45.2. The molecule has 0 aliphatic rings. The van der Waals surface area contributed by atoms with Gasteiger partial charge in [-0.3, -0.25) is 9.78 Å². The van der Waals surface area contributed by atoms with Gasteiger partial charge < -0.3 is 20.7 Å². The summed E-state index contributed by atoms with van der Waals surface area (Å²) >= 11 is 5.72. The third-order valence-electron chi connectivity index (χ3n) is 4.88. The number of nitrogens with one attached hydrogen (secondary N) is 3. The molecule has 0 aliphatic carbocycles. The lowest BCUT2D eigenvalue weighted by Gasteiger charge is -2.16. The molecule has 11 heteroatoms. The van der Waals surface area contributed by atoms with Gasteiger partial charge in [0.2, 0.25) is 0 Å². The van der Waals surface area contributed by atoms with Crippen LogP contribution in [0.1, 0.15) is 35.0 Å². The van der Waals surface area contributed by atoms with Crippen molar-refractivity contribution in [3.05, 3.63) is 76.6 Å². The van der Waals surface area contributed by atoms with Crippen LogP contribution in [-0.4, -0.2) is 23.8 Å². The number of benzene rings is 2. The third-order valence-corrected chi connectivity index (χ3v) is 5.19. The summed E-state index contributed by atoms with van der Waals surface area (Å²) in [5, 5.41) is 7.22. The number of carbonyl (C=O) groups excluding carboxylic acids is 2. The topological polar surface area (TPSA) is 92.3 Å². The number of Topliss-reactive ketones (excluding diaryl/α,β-unsaturated/α-hetero) is 1. The third kappa shape index (κ3) is 6.86. The molecule has 0 saturated carbocycles. The second kappa shape index (κ2) is 11.1. The molecule has 0 bridgehead atoms. The number of alkyl halides is 3. The number of anilines is 2. The number of aromatic nitrogens is 1. The van der Waals surface area contributed by atoms with Gasteiger partial charge in [-0.1, -0.05) is 30.7 Å². The van der Waals surface area contributed by atoms with Gasteiger partial charge in [0, 0.05) is 32.3 Å². The molecule has 7 nitrogen and oxygen atoms in total. The minimum absolute atomic E-state index is 0.0660. The van der Waals surface area contributed by atoms with Crippen molar-refractivity contribution in [1.29, 1.82) is 0 Å². The van der Waals surface area contributed by atoms with Gasteiger partial charge >= 0.3 is 12.2 Å². The first-order chi connectivity index (χ1) is 16.6. The van der Waals surface area contributed by atoms with Crippen molar-refractivity contribution in [2.75, 3.05) is 17.7 Å². The molecule has 0 unspecified atom stereocenters. The van der Waals surface area contributed by atoms with E-state index in [-0.39, 0.29) is 23.7 Å². The van der Waals surface area contributed by atoms with Crippen LogP contribution >= 0.6 is 11.6 Å². The van der Waals surface area contributed by atoms with Gasteiger partial charge in [-0.25, -0.2) is 4.79 Å². The Balaban J connectivity index is 1.61. The number of urea groups is 1. The fraction of sp³-hybridized carbons (Fsp3) is 0.208. The van der Waals surface area contributed by atoms with Crippen LogP contribution in [-0.2, 0) is 12.7 Å². The summed E-state index contributed by atoms with van der Waals surface area (Å²) in [4.78, 5) is 28.1. The van der Waals surface area contributed by atoms with E-state index in [9.17, 15) is 22.8 Å². The highest BCUT2D eigenvalue weighted by molar-refractivity contribution is 6.32. The molecular formula is C24H22ClF3N4O3. The van der Waals surface area contributed by atoms with E-state index in [0.29, 0.717) is 23.6 Å². The lowest BCUT2D eigenvalue weighted by atomic mass is 10.1. The highest BCUT2D eigenvalue weighted by atomic mass is 35.5. The number of halogens is 4. The zero-order chi connectivity index (χ0) is 25.6. The normalized spacial score (nSPS) is 11.0. The van der Waals surface area contributed by atoms with Crippen LogP contribution in [0.2, 0.25) is 5.02 Å². The van der Waals surface area contributed by atoms with Crippen molar-refractivity contribution >= 4 is 34.8 Å². The van der Waals surface area contributed by atoms with Gasteiger partial charge in [0.1, 0.15) is 17.2 Å². The molecule has 1 heterocycles. The van der Waals surface area contributed by atoms with Crippen LogP contribution in [0, 0.1) is 0 Å². The van der Waals surface area contributed by atoms with E-state index in [1.807, 2.05) is 0 Å². The molecule has 2 aromatic carbocycles. The molecule has 0 spiro atoms. The number of pyridine rings is 1. The predicted molar refractivity (Wildman–Crippen MR) is 127 cm³/mol. The molecular weight excluding hydrogens is 485 g/mol. The van der Waals surface area contributed by atoms with Crippen molar-refractivity contribution in [3.8, 4) is 11.5 Å². The Morgan fingerprint density at radius 3 is 2.37 bits per heavy atom. The number of carbonyl (C=O) groups is 2. The van der Waals surface area contributed by atoms with Crippen LogP contribution in [0.25, 0.3) is 0 Å². The van der Waals surface area contributed by atoms with E-state index in [2.05, 4.69) is 20.9 Å². The molecule has 1 aromatic heterocycles. The molecule has 3 rings (SSSR count). The van der Waals surface area contributed by atoms with E-state index in [1.165, 1.54) is 13.2 Å². The highest BCUT2D eigenvalue weighted by Crippen LogP contribution is 2.39. The molecule has 0 saturated heterocycles. The van der Waals surface area contributed by atoms with Crippen LogP contribution in [0.15, 0.2) is 54.7 Å². The Kier molecular flexibility index (Phi) is 8.18. The molecule has 0 aliphatic heterocycles. The molecule has 0 fully saturated rings. The zero-order valence-electron chi connectivity index (χ0n) is 18.8. The number of ether oxygens (including phenoxy) is 1. The lowest BCUT2D eigenvalue weighted by molar-refractivity contribution is -0.137. The molecule has 2 amide bonds. The minimum atomic E-state index is -4.66. The maximum atomic E-state index is 13.2. The Morgan fingerprint density at radius 2 is 1.74 bits per heavy atom. The average Bonchev–Trinajstić information content (AvgIpc) is 2.83. The maximum absolute atomic E-state index is 13.2. The average molecular weight is 507 g/mol. The molecule has 0 atom stereocenters. The second-order valence-electron chi connectivity index (χ2n) is 7.33. The fourth-order valence-electron chi connectivity index (χ4n) is 3.07. The Hall–Kier alpha value is -3.79. The lowest BCUT2D eigenvalue weighted by Crippen LogP contribution is -2.28. The zero-order valence-corrected chi connectivity index (χ0v) is 19.6. The largest absolute Gasteiger partial charge is 0.457 e. The van der Waals surface area contributed by atoms with Crippen molar-refractivity contribution < 1.29 is 27.5 Å². The minimum Gasteiger partial charge on any atom is -0.457 e.